The van der Waals surface area contributed by atoms with Crippen molar-refractivity contribution in [3.05, 3.63) is 11.8 Å². The SMILES string of the molecule is CN1C(=O)C(N)CCn2nc(CCN3CC(F)(F)C3)cc21. The van der Waals surface area contributed by atoms with Gasteiger partial charge in [-0.3, -0.25) is 14.6 Å². The van der Waals surface area contributed by atoms with Crippen LogP contribution in [-0.4, -0.2) is 59.2 Å². The molecule has 6 nitrogen and oxygen atoms in total. The number of nitrogens with zero attached hydrogens (tertiary/aromatic N) is 4. The van der Waals surface area contributed by atoms with Crippen LogP contribution in [0.25, 0.3) is 0 Å². The number of carbonyl (C=O) groups excluding carboxylic acids is 1. The second kappa shape index (κ2) is 5.03. The molecule has 0 aromatic carbocycles. The van der Waals surface area contributed by atoms with Gasteiger partial charge in [-0.25, -0.2) is 13.5 Å². The van der Waals surface area contributed by atoms with Gasteiger partial charge in [-0.15, -0.1) is 0 Å². The lowest BCUT2D eigenvalue weighted by molar-refractivity contribution is -0.129. The number of hydrogen-bond acceptors (Lipinski definition) is 4. The zero-order valence-electron chi connectivity index (χ0n) is 11.9. The predicted molar refractivity (Wildman–Crippen MR) is 73.3 cm³/mol. The van der Waals surface area contributed by atoms with Crippen LogP contribution in [0.3, 0.4) is 0 Å². The van der Waals surface area contributed by atoms with Crippen LogP contribution in [0.4, 0.5) is 14.6 Å². The minimum Gasteiger partial charge on any atom is -0.320 e. The first-order valence-corrected chi connectivity index (χ1v) is 7.06. The lowest BCUT2D eigenvalue weighted by atomic mass is 10.1. The van der Waals surface area contributed by atoms with E-state index in [1.165, 1.54) is 4.90 Å². The zero-order chi connectivity index (χ0) is 15.2. The molecule has 116 valence electrons. The number of likely N-dealkylation sites (N-methyl/N-ethyl adjacent to an activating group) is 1. The number of aromatic nitrogens is 2. The van der Waals surface area contributed by atoms with Crippen molar-refractivity contribution in [1.29, 1.82) is 0 Å². The normalized spacial score (nSPS) is 25.4. The van der Waals surface area contributed by atoms with Crippen molar-refractivity contribution in [3.63, 3.8) is 0 Å². The number of halogens is 2. The molecule has 0 spiro atoms. The molecule has 2 N–H and O–H groups in total. The number of nitrogens with two attached hydrogens (primary N) is 1. The minimum absolute atomic E-state index is 0.123. The van der Waals surface area contributed by atoms with Crippen LogP contribution in [0.2, 0.25) is 0 Å². The van der Waals surface area contributed by atoms with Crippen molar-refractivity contribution in [2.45, 2.75) is 31.4 Å². The van der Waals surface area contributed by atoms with Crippen LogP contribution >= 0.6 is 0 Å². The summed E-state index contributed by atoms with van der Waals surface area (Å²) in [6, 6.07) is 1.34. The molecule has 3 heterocycles. The number of hydrogen-bond donors (Lipinski definition) is 1. The van der Waals surface area contributed by atoms with Gasteiger partial charge in [0, 0.05) is 32.6 Å². The standard InChI is InChI=1S/C13H19F2N5O/c1-18-11-6-9(2-4-19-7-13(14,15)8-19)17-20(11)5-3-10(16)12(18)21/h6,10H,2-5,7-8,16H2,1H3. The van der Waals surface area contributed by atoms with E-state index >= 15 is 0 Å². The molecule has 8 heteroatoms. The first-order valence-electron chi connectivity index (χ1n) is 7.06. The Morgan fingerprint density at radius 3 is 2.86 bits per heavy atom. The Labute approximate surface area is 121 Å². The Kier molecular flexibility index (Phi) is 3.45. The topological polar surface area (TPSA) is 67.4 Å². The Bertz CT molecular complexity index is 551. The molecular weight excluding hydrogens is 280 g/mol. The van der Waals surface area contributed by atoms with E-state index in [-0.39, 0.29) is 19.0 Å². The van der Waals surface area contributed by atoms with Gasteiger partial charge in [0.1, 0.15) is 5.82 Å². The molecule has 2 aliphatic rings. The summed E-state index contributed by atoms with van der Waals surface area (Å²) in [5.41, 5.74) is 6.60. The summed E-state index contributed by atoms with van der Waals surface area (Å²) in [5.74, 6) is -1.94. The average Bonchev–Trinajstić information content (AvgIpc) is 2.77. The van der Waals surface area contributed by atoms with Gasteiger partial charge in [0.25, 0.3) is 5.92 Å². The lowest BCUT2D eigenvalue weighted by Crippen LogP contribution is -2.56. The van der Waals surface area contributed by atoms with Crippen LogP contribution in [0, 0.1) is 0 Å². The van der Waals surface area contributed by atoms with Crippen molar-refractivity contribution in [3.8, 4) is 0 Å². The maximum atomic E-state index is 12.8. The number of rotatable bonds is 3. The number of likely N-dealkylation sites (tertiary alicyclic amines) is 1. The van der Waals surface area contributed by atoms with Gasteiger partial charge in [0.2, 0.25) is 5.91 Å². The Morgan fingerprint density at radius 2 is 2.19 bits per heavy atom. The highest BCUT2D eigenvalue weighted by atomic mass is 19.3. The molecule has 1 aromatic heterocycles. The van der Waals surface area contributed by atoms with Gasteiger partial charge in [0.15, 0.2) is 0 Å². The second-order valence-corrected chi connectivity index (χ2v) is 5.83. The van der Waals surface area contributed by atoms with E-state index in [1.807, 2.05) is 6.07 Å². The molecular formula is C13H19F2N5O. The fourth-order valence-corrected chi connectivity index (χ4v) is 2.80. The summed E-state index contributed by atoms with van der Waals surface area (Å²) in [4.78, 5) is 15.2. The van der Waals surface area contributed by atoms with Crippen molar-refractivity contribution in [1.82, 2.24) is 14.7 Å². The largest absolute Gasteiger partial charge is 0.320 e. The van der Waals surface area contributed by atoms with E-state index in [1.54, 1.807) is 16.6 Å². The summed E-state index contributed by atoms with van der Waals surface area (Å²) in [5, 5.41) is 4.45. The lowest BCUT2D eigenvalue weighted by Gasteiger charge is -2.38. The quantitative estimate of drug-likeness (QED) is 0.858. The maximum Gasteiger partial charge on any atom is 0.272 e. The molecule has 1 fully saturated rings. The van der Waals surface area contributed by atoms with E-state index in [4.69, 9.17) is 5.73 Å². The smallest absolute Gasteiger partial charge is 0.272 e. The van der Waals surface area contributed by atoms with E-state index < -0.39 is 12.0 Å². The van der Waals surface area contributed by atoms with Crippen LogP contribution in [0.5, 0.6) is 0 Å². The van der Waals surface area contributed by atoms with Crippen LogP contribution in [-0.2, 0) is 17.8 Å². The molecule has 21 heavy (non-hydrogen) atoms. The number of carbonyl (C=O) groups is 1. The molecule has 1 unspecified atom stereocenters. The summed E-state index contributed by atoms with van der Waals surface area (Å²) >= 11 is 0. The fraction of sp³-hybridized carbons (Fsp3) is 0.692. The van der Waals surface area contributed by atoms with E-state index in [9.17, 15) is 13.6 Å². The average molecular weight is 299 g/mol. The monoisotopic (exact) mass is 299 g/mol. The zero-order valence-corrected chi connectivity index (χ0v) is 11.9. The van der Waals surface area contributed by atoms with Gasteiger partial charge in [-0.1, -0.05) is 0 Å². The molecule has 1 aromatic rings. The molecule has 0 aliphatic carbocycles. The van der Waals surface area contributed by atoms with E-state index in [0.29, 0.717) is 25.9 Å². The third-order valence-electron chi connectivity index (χ3n) is 4.05. The third-order valence-corrected chi connectivity index (χ3v) is 4.05. The van der Waals surface area contributed by atoms with Crippen LogP contribution in [0.15, 0.2) is 6.07 Å². The summed E-state index contributed by atoms with van der Waals surface area (Å²) < 4.78 is 27.3. The van der Waals surface area contributed by atoms with Crippen molar-refractivity contribution >= 4 is 11.7 Å². The number of alkyl halides is 2. The van der Waals surface area contributed by atoms with E-state index in [2.05, 4.69) is 5.10 Å². The van der Waals surface area contributed by atoms with Crippen molar-refractivity contribution in [2.75, 3.05) is 31.6 Å². The van der Waals surface area contributed by atoms with Crippen molar-refractivity contribution < 1.29 is 13.6 Å². The van der Waals surface area contributed by atoms with Crippen LogP contribution < -0.4 is 10.6 Å². The second-order valence-electron chi connectivity index (χ2n) is 5.83. The van der Waals surface area contributed by atoms with Gasteiger partial charge in [-0.2, -0.15) is 5.10 Å². The number of amides is 1. The minimum atomic E-state index is -2.53. The molecule has 0 bridgehead atoms. The first-order chi connectivity index (χ1) is 9.85. The summed E-state index contributed by atoms with van der Waals surface area (Å²) in [6.07, 6.45) is 1.15. The highest BCUT2D eigenvalue weighted by molar-refractivity contribution is 5.96. The Balaban J connectivity index is 1.65. The van der Waals surface area contributed by atoms with Gasteiger partial charge in [-0.05, 0) is 6.42 Å². The van der Waals surface area contributed by atoms with Crippen molar-refractivity contribution in [2.24, 2.45) is 5.73 Å². The third kappa shape index (κ3) is 2.77. The number of aryl methyl sites for hydroxylation is 1. The number of anilines is 1. The molecule has 1 saturated heterocycles. The predicted octanol–water partition coefficient (Wildman–Crippen LogP) is 0.0703. The summed E-state index contributed by atoms with van der Waals surface area (Å²) in [7, 11) is 1.68. The molecule has 3 rings (SSSR count). The molecule has 0 radical (unpaired) electrons. The Hall–Kier alpha value is -1.54. The van der Waals surface area contributed by atoms with E-state index in [0.717, 1.165) is 11.5 Å². The highest BCUT2D eigenvalue weighted by Gasteiger charge is 2.43. The molecule has 2 aliphatic heterocycles. The van der Waals surface area contributed by atoms with Gasteiger partial charge in [0.05, 0.1) is 24.8 Å². The molecule has 0 saturated carbocycles. The summed E-state index contributed by atoms with van der Waals surface area (Å²) in [6.45, 7) is 0.805. The highest BCUT2D eigenvalue weighted by Crippen LogP contribution is 2.27. The fourth-order valence-electron chi connectivity index (χ4n) is 2.80. The van der Waals surface area contributed by atoms with Gasteiger partial charge < -0.3 is 5.73 Å². The Morgan fingerprint density at radius 1 is 1.48 bits per heavy atom. The molecule has 1 amide bonds. The van der Waals surface area contributed by atoms with Gasteiger partial charge >= 0.3 is 0 Å². The number of fused-ring (bicyclic) bond motifs is 1. The van der Waals surface area contributed by atoms with Crippen LogP contribution in [0.1, 0.15) is 12.1 Å². The molecule has 1 atom stereocenters. The first kappa shape index (κ1) is 14.4. The maximum absolute atomic E-state index is 12.8.